The number of carbonyl (C=O) groups excluding carboxylic acids is 2. The first-order valence-corrected chi connectivity index (χ1v) is 6.63. The Labute approximate surface area is 121 Å². The van der Waals surface area contributed by atoms with Gasteiger partial charge in [-0.05, 0) is 12.5 Å². The summed E-state index contributed by atoms with van der Waals surface area (Å²) < 4.78 is 0. The molecule has 114 valence electrons. The number of aromatic nitrogens is 2. The van der Waals surface area contributed by atoms with Gasteiger partial charge >= 0.3 is 0 Å². The monoisotopic (exact) mass is 294 g/mol. The summed E-state index contributed by atoms with van der Waals surface area (Å²) in [6, 6.07) is 1.54. The van der Waals surface area contributed by atoms with Gasteiger partial charge in [0.05, 0.1) is 18.0 Å². The van der Waals surface area contributed by atoms with E-state index in [4.69, 9.17) is 0 Å². The quantitative estimate of drug-likeness (QED) is 0.628. The van der Waals surface area contributed by atoms with Gasteiger partial charge in [0.25, 0.3) is 5.91 Å². The Kier molecular flexibility index (Phi) is 4.49. The highest BCUT2D eigenvalue weighted by molar-refractivity contribution is 5.93. The Morgan fingerprint density at radius 2 is 2.29 bits per heavy atom. The van der Waals surface area contributed by atoms with Crippen LogP contribution in [0.2, 0.25) is 0 Å². The summed E-state index contributed by atoms with van der Waals surface area (Å²) in [6.07, 6.45) is 1.82. The zero-order valence-corrected chi connectivity index (χ0v) is 11.7. The number of aliphatic hydroxyl groups is 2. The van der Waals surface area contributed by atoms with Crippen LogP contribution in [0.1, 0.15) is 23.7 Å². The number of hydrogen-bond donors (Lipinski definition) is 3. The third-order valence-electron chi connectivity index (χ3n) is 3.59. The number of carbonyl (C=O) groups is 2. The Hall–Kier alpha value is -2.06. The van der Waals surface area contributed by atoms with E-state index in [0.717, 1.165) is 0 Å². The van der Waals surface area contributed by atoms with Crippen molar-refractivity contribution in [2.24, 2.45) is 0 Å². The minimum atomic E-state index is -1.42. The number of likely N-dealkylation sites (tertiary alicyclic amines) is 1. The van der Waals surface area contributed by atoms with Crippen LogP contribution in [0, 0.1) is 0 Å². The van der Waals surface area contributed by atoms with Crippen molar-refractivity contribution in [2.75, 3.05) is 19.6 Å². The van der Waals surface area contributed by atoms with Crippen molar-refractivity contribution >= 4 is 11.8 Å². The van der Waals surface area contributed by atoms with Gasteiger partial charge in [-0.25, -0.2) is 0 Å². The van der Waals surface area contributed by atoms with Crippen LogP contribution < -0.4 is 5.32 Å². The van der Waals surface area contributed by atoms with Crippen LogP contribution in [0.3, 0.4) is 0 Å². The first-order chi connectivity index (χ1) is 9.92. The minimum Gasteiger partial charge on any atom is -0.388 e. The number of hydrogen-bond acceptors (Lipinski definition) is 6. The van der Waals surface area contributed by atoms with Crippen molar-refractivity contribution in [1.29, 1.82) is 0 Å². The lowest BCUT2D eigenvalue weighted by molar-refractivity contribution is -0.127. The molecule has 8 nitrogen and oxygen atoms in total. The van der Waals surface area contributed by atoms with E-state index in [9.17, 15) is 19.8 Å². The maximum atomic E-state index is 12.2. The second-order valence-corrected chi connectivity index (χ2v) is 5.16. The molecule has 2 heterocycles. The fourth-order valence-electron chi connectivity index (χ4n) is 2.23. The van der Waals surface area contributed by atoms with Gasteiger partial charge in [-0.3, -0.25) is 9.59 Å². The molecule has 8 heteroatoms. The lowest BCUT2D eigenvalue weighted by atomic mass is 9.88. The number of aliphatic hydroxyl groups excluding tert-OH is 1. The SMILES string of the molecule is CC(=O)NC[C@]1(O)CCN(C(=O)c2ccnnc2)C[C@H]1O. The van der Waals surface area contributed by atoms with E-state index in [0.29, 0.717) is 5.56 Å². The summed E-state index contributed by atoms with van der Waals surface area (Å²) in [5.41, 5.74) is -1.04. The van der Waals surface area contributed by atoms with E-state index in [2.05, 4.69) is 15.5 Å². The molecule has 0 bridgehead atoms. The Morgan fingerprint density at radius 1 is 1.52 bits per heavy atom. The first kappa shape index (κ1) is 15.3. The summed E-state index contributed by atoms with van der Waals surface area (Å²) in [5, 5.41) is 30.2. The van der Waals surface area contributed by atoms with Crippen LogP contribution in [-0.2, 0) is 4.79 Å². The predicted octanol–water partition coefficient (Wildman–Crippen LogP) is -1.45. The van der Waals surface area contributed by atoms with Crippen molar-refractivity contribution < 1.29 is 19.8 Å². The molecular formula is C13H18N4O4. The number of nitrogens with one attached hydrogen (secondary N) is 1. The highest BCUT2D eigenvalue weighted by Crippen LogP contribution is 2.23. The molecule has 2 rings (SSSR count). The van der Waals surface area contributed by atoms with Gasteiger partial charge in [0, 0.05) is 26.6 Å². The molecule has 0 radical (unpaired) electrons. The molecule has 0 unspecified atom stereocenters. The summed E-state index contributed by atoms with van der Waals surface area (Å²) >= 11 is 0. The average Bonchev–Trinajstić information content (AvgIpc) is 2.48. The third kappa shape index (κ3) is 3.53. The molecule has 1 saturated heterocycles. The number of piperidine rings is 1. The molecule has 0 saturated carbocycles. The van der Waals surface area contributed by atoms with E-state index in [1.807, 2.05) is 0 Å². The molecule has 1 aromatic heterocycles. The fourth-order valence-corrected chi connectivity index (χ4v) is 2.23. The van der Waals surface area contributed by atoms with Crippen molar-refractivity contribution in [3.63, 3.8) is 0 Å². The number of rotatable bonds is 3. The topological polar surface area (TPSA) is 116 Å². The van der Waals surface area contributed by atoms with Gasteiger partial charge < -0.3 is 20.4 Å². The summed E-state index contributed by atoms with van der Waals surface area (Å²) in [4.78, 5) is 24.6. The Balaban J connectivity index is 2.00. The zero-order valence-electron chi connectivity index (χ0n) is 11.7. The van der Waals surface area contributed by atoms with Gasteiger partial charge in [0.1, 0.15) is 11.7 Å². The number of amides is 2. The predicted molar refractivity (Wildman–Crippen MR) is 72.2 cm³/mol. The molecule has 0 spiro atoms. The van der Waals surface area contributed by atoms with Crippen molar-refractivity contribution in [2.45, 2.75) is 25.0 Å². The Bertz CT molecular complexity index is 524. The highest BCUT2D eigenvalue weighted by Gasteiger charge is 2.42. The minimum absolute atomic E-state index is 0.00274. The van der Waals surface area contributed by atoms with Gasteiger partial charge in [-0.2, -0.15) is 10.2 Å². The smallest absolute Gasteiger partial charge is 0.255 e. The second kappa shape index (κ2) is 6.15. The van der Waals surface area contributed by atoms with E-state index in [-0.39, 0.29) is 37.9 Å². The first-order valence-electron chi connectivity index (χ1n) is 6.63. The van der Waals surface area contributed by atoms with Crippen molar-refractivity contribution in [1.82, 2.24) is 20.4 Å². The lowest BCUT2D eigenvalue weighted by Crippen LogP contribution is -2.61. The molecule has 0 aromatic carbocycles. The fraction of sp³-hybridized carbons (Fsp3) is 0.538. The average molecular weight is 294 g/mol. The normalized spacial score (nSPS) is 25.5. The van der Waals surface area contributed by atoms with E-state index in [1.54, 1.807) is 6.07 Å². The van der Waals surface area contributed by atoms with Crippen LogP contribution in [-0.4, -0.2) is 68.5 Å². The largest absolute Gasteiger partial charge is 0.388 e. The van der Waals surface area contributed by atoms with E-state index >= 15 is 0 Å². The number of β-amino-alcohol motifs (C(OH)–C–C–N with tert-alkyl or cyclic N) is 1. The summed E-state index contributed by atoms with van der Waals surface area (Å²) in [5.74, 6) is -0.553. The van der Waals surface area contributed by atoms with Crippen LogP contribution in [0.25, 0.3) is 0 Å². The van der Waals surface area contributed by atoms with E-state index < -0.39 is 11.7 Å². The maximum absolute atomic E-state index is 12.2. The van der Waals surface area contributed by atoms with Crippen LogP contribution in [0.15, 0.2) is 18.5 Å². The molecule has 1 aromatic rings. The maximum Gasteiger partial charge on any atom is 0.255 e. The third-order valence-corrected chi connectivity index (χ3v) is 3.59. The zero-order chi connectivity index (χ0) is 15.5. The van der Waals surface area contributed by atoms with Gasteiger partial charge in [-0.1, -0.05) is 0 Å². The van der Waals surface area contributed by atoms with Crippen molar-refractivity contribution in [3.8, 4) is 0 Å². The van der Waals surface area contributed by atoms with Gasteiger partial charge in [-0.15, -0.1) is 0 Å². The molecule has 1 fully saturated rings. The molecule has 2 amide bonds. The molecule has 1 aliphatic heterocycles. The summed E-state index contributed by atoms with van der Waals surface area (Å²) in [7, 11) is 0. The van der Waals surface area contributed by atoms with E-state index in [1.165, 1.54) is 24.2 Å². The molecule has 2 atom stereocenters. The lowest BCUT2D eigenvalue weighted by Gasteiger charge is -2.42. The molecule has 1 aliphatic rings. The highest BCUT2D eigenvalue weighted by atomic mass is 16.3. The van der Waals surface area contributed by atoms with Crippen LogP contribution >= 0.6 is 0 Å². The molecule has 21 heavy (non-hydrogen) atoms. The molecule has 0 aliphatic carbocycles. The standard InChI is InChI=1S/C13H18N4O4/c1-9(18)14-8-13(21)3-5-17(7-11(13)19)12(20)10-2-4-15-16-6-10/h2,4,6,11,19,21H,3,5,7-8H2,1H3,(H,14,18)/t11-,13-/m1/s1. The Morgan fingerprint density at radius 3 is 2.86 bits per heavy atom. The molecular weight excluding hydrogens is 276 g/mol. The van der Waals surface area contributed by atoms with Crippen LogP contribution in [0.5, 0.6) is 0 Å². The second-order valence-electron chi connectivity index (χ2n) is 5.16. The summed E-state index contributed by atoms with van der Waals surface area (Å²) in [6.45, 7) is 1.58. The van der Waals surface area contributed by atoms with Gasteiger partial charge in [0.15, 0.2) is 0 Å². The molecule has 3 N–H and O–H groups in total. The number of nitrogens with zero attached hydrogens (tertiary/aromatic N) is 3. The van der Waals surface area contributed by atoms with Crippen LogP contribution in [0.4, 0.5) is 0 Å². The van der Waals surface area contributed by atoms with Crippen molar-refractivity contribution in [3.05, 3.63) is 24.0 Å². The van der Waals surface area contributed by atoms with Gasteiger partial charge in [0.2, 0.25) is 5.91 Å².